The number of aliphatic hydroxyl groups is 1. The number of likely N-dealkylation sites (tertiary alicyclic amines) is 1. The van der Waals surface area contributed by atoms with E-state index in [1.54, 1.807) is 13.3 Å². The minimum Gasteiger partial charge on any atom is -0.497 e. The highest BCUT2D eigenvalue weighted by Crippen LogP contribution is 2.29. The molecule has 0 bridgehead atoms. The second-order valence-corrected chi connectivity index (χ2v) is 8.05. The molecule has 3 unspecified atom stereocenters. The number of anilines is 1. The van der Waals surface area contributed by atoms with Gasteiger partial charge in [-0.1, -0.05) is 13.0 Å². The van der Waals surface area contributed by atoms with Gasteiger partial charge in [0.05, 0.1) is 23.9 Å². The maximum atomic E-state index is 11.0. The predicted molar refractivity (Wildman–Crippen MR) is 114 cm³/mol. The number of ether oxygens (including phenoxy) is 1. The van der Waals surface area contributed by atoms with E-state index in [1.165, 1.54) is 12.8 Å². The number of aromatic nitrogens is 1. The van der Waals surface area contributed by atoms with Crippen LogP contribution in [0.5, 0.6) is 5.75 Å². The van der Waals surface area contributed by atoms with Gasteiger partial charge in [0.25, 0.3) is 0 Å². The van der Waals surface area contributed by atoms with Crippen LogP contribution in [0.1, 0.15) is 33.6 Å². The maximum absolute atomic E-state index is 11.0. The Labute approximate surface area is 168 Å². The molecule has 1 aromatic heterocycles. The fourth-order valence-corrected chi connectivity index (χ4v) is 3.89. The molecule has 0 aliphatic carbocycles. The number of piperidine rings is 1. The van der Waals surface area contributed by atoms with Gasteiger partial charge in [0.1, 0.15) is 5.75 Å². The van der Waals surface area contributed by atoms with Crippen molar-refractivity contribution in [3.63, 3.8) is 0 Å². The Kier molecular flexibility index (Phi) is 7.32. The Morgan fingerprint density at radius 3 is 2.85 bits per heavy atom. The smallest absolute Gasteiger partial charge is 0.121 e. The Morgan fingerprint density at radius 1 is 1.37 bits per heavy atom. The van der Waals surface area contributed by atoms with Crippen molar-refractivity contribution in [2.75, 3.05) is 32.1 Å². The maximum Gasteiger partial charge on any atom is 0.121 e. The third kappa shape index (κ3) is 5.47. The molecule has 150 valence electrons. The zero-order chi connectivity index (χ0) is 18.7. The van der Waals surface area contributed by atoms with Crippen molar-refractivity contribution in [2.45, 2.75) is 45.3 Å². The van der Waals surface area contributed by atoms with E-state index in [0.717, 1.165) is 34.8 Å². The summed E-state index contributed by atoms with van der Waals surface area (Å²) in [7, 11) is 1.66. The number of hydrogen-bond donors (Lipinski definition) is 2. The molecule has 0 saturated carbocycles. The van der Waals surface area contributed by atoms with E-state index in [1.807, 2.05) is 31.2 Å². The highest BCUT2D eigenvalue weighted by molar-refractivity contribution is 5.91. The molecular weight excluding hydrogens is 362 g/mol. The third-order valence-corrected chi connectivity index (χ3v) is 5.39. The summed E-state index contributed by atoms with van der Waals surface area (Å²) in [5.74, 6) is 1.56. The minimum absolute atomic E-state index is 0. The SMILES string of the molecule is COc1cc(NCC(C)(O)CN2CCC(C)CC2C)c2ncccc2c1.Cl. The first kappa shape index (κ1) is 21.7. The molecule has 5 nitrogen and oxygen atoms in total. The second-order valence-electron chi connectivity index (χ2n) is 8.05. The van der Waals surface area contributed by atoms with Crippen molar-refractivity contribution in [2.24, 2.45) is 5.92 Å². The highest BCUT2D eigenvalue weighted by atomic mass is 35.5. The Bertz CT molecular complexity index is 753. The van der Waals surface area contributed by atoms with Gasteiger partial charge in [-0.3, -0.25) is 9.88 Å². The van der Waals surface area contributed by atoms with E-state index >= 15 is 0 Å². The van der Waals surface area contributed by atoms with Gasteiger partial charge in [0, 0.05) is 36.8 Å². The molecule has 0 spiro atoms. The first-order valence-corrected chi connectivity index (χ1v) is 9.51. The van der Waals surface area contributed by atoms with Crippen molar-refractivity contribution >= 4 is 29.0 Å². The fourth-order valence-electron chi connectivity index (χ4n) is 3.89. The Morgan fingerprint density at radius 2 is 2.15 bits per heavy atom. The largest absolute Gasteiger partial charge is 0.497 e. The van der Waals surface area contributed by atoms with E-state index in [4.69, 9.17) is 4.74 Å². The predicted octanol–water partition coefficient (Wildman–Crippen LogP) is 3.95. The zero-order valence-corrected chi connectivity index (χ0v) is 17.6. The monoisotopic (exact) mass is 393 g/mol. The second kappa shape index (κ2) is 9.09. The van der Waals surface area contributed by atoms with Gasteiger partial charge in [-0.15, -0.1) is 12.4 Å². The van der Waals surface area contributed by atoms with Gasteiger partial charge >= 0.3 is 0 Å². The summed E-state index contributed by atoms with van der Waals surface area (Å²) in [6.45, 7) is 8.67. The van der Waals surface area contributed by atoms with Gasteiger partial charge < -0.3 is 15.2 Å². The van der Waals surface area contributed by atoms with Crippen LogP contribution in [0.4, 0.5) is 5.69 Å². The van der Waals surface area contributed by atoms with Crippen LogP contribution in [0.3, 0.4) is 0 Å². The molecule has 0 amide bonds. The quantitative estimate of drug-likeness (QED) is 0.778. The topological polar surface area (TPSA) is 57.6 Å². The van der Waals surface area contributed by atoms with Crippen LogP contribution in [-0.4, -0.2) is 53.4 Å². The van der Waals surface area contributed by atoms with Crippen LogP contribution in [0.25, 0.3) is 10.9 Å². The van der Waals surface area contributed by atoms with Crippen LogP contribution >= 0.6 is 12.4 Å². The van der Waals surface area contributed by atoms with E-state index in [-0.39, 0.29) is 12.4 Å². The third-order valence-electron chi connectivity index (χ3n) is 5.39. The number of pyridine rings is 1. The summed E-state index contributed by atoms with van der Waals surface area (Å²) in [4.78, 5) is 6.89. The molecule has 2 aromatic rings. The van der Waals surface area contributed by atoms with E-state index in [2.05, 4.69) is 29.0 Å². The van der Waals surface area contributed by atoms with E-state index in [9.17, 15) is 5.11 Å². The van der Waals surface area contributed by atoms with Gasteiger partial charge in [0.15, 0.2) is 0 Å². The molecule has 0 radical (unpaired) electrons. The highest BCUT2D eigenvalue weighted by Gasteiger charge is 2.30. The van der Waals surface area contributed by atoms with Crippen LogP contribution in [-0.2, 0) is 0 Å². The summed E-state index contributed by atoms with van der Waals surface area (Å²) < 4.78 is 5.40. The van der Waals surface area contributed by atoms with Gasteiger partial charge in [-0.25, -0.2) is 0 Å². The molecule has 1 saturated heterocycles. The molecular formula is C21H32ClN3O2. The van der Waals surface area contributed by atoms with Crippen molar-refractivity contribution < 1.29 is 9.84 Å². The first-order chi connectivity index (χ1) is 12.4. The normalized spacial score (nSPS) is 22.7. The van der Waals surface area contributed by atoms with Crippen LogP contribution < -0.4 is 10.1 Å². The van der Waals surface area contributed by atoms with Crippen molar-refractivity contribution in [1.29, 1.82) is 0 Å². The van der Waals surface area contributed by atoms with Crippen LogP contribution in [0, 0.1) is 5.92 Å². The lowest BCUT2D eigenvalue weighted by Crippen LogP contribution is -2.51. The average Bonchev–Trinajstić information content (AvgIpc) is 2.62. The van der Waals surface area contributed by atoms with Gasteiger partial charge in [-0.05, 0) is 51.3 Å². The van der Waals surface area contributed by atoms with Gasteiger partial charge in [-0.2, -0.15) is 0 Å². The van der Waals surface area contributed by atoms with Crippen molar-refractivity contribution in [3.8, 4) is 5.75 Å². The summed E-state index contributed by atoms with van der Waals surface area (Å²) >= 11 is 0. The Hall–Kier alpha value is -1.56. The zero-order valence-electron chi connectivity index (χ0n) is 16.7. The fraction of sp³-hybridized carbons (Fsp3) is 0.571. The molecule has 2 heterocycles. The van der Waals surface area contributed by atoms with E-state index in [0.29, 0.717) is 19.1 Å². The van der Waals surface area contributed by atoms with Crippen LogP contribution in [0.15, 0.2) is 30.5 Å². The number of benzene rings is 1. The summed E-state index contributed by atoms with van der Waals surface area (Å²) in [6.07, 6.45) is 4.20. The number of hydrogen-bond acceptors (Lipinski definition) is 5. The van der Waals surface area contributed by atoms with Crippen molar-refractivity contribution in [1.82, 2.24) is 9.88 Å². The molecule has 1 fully saturated rings. The number of fused-ring (bicyclic) bond motifs is 1. The number of β-amino-alcohol motifs (C(OH)–C–C–N with tert-alkyl or cyclic N) is 1. The number of rotatable bonds is 6. The first-order valence-electron chi connectivity index (χ1n) is 9.51. The molecule has 3 atom stereocenters. The number of halogens is 1. The molecule has 1 aromatic carbocycles. The van der Waals surface area contributed by atoms with E-state index < -0.39 is 5.60 Å². The molecule has 6 heteroatoms. The average molecular weight is 394 g/mol. The molecule has 3 rings (SSSR count). The minimum atomic E-state index is -0.820. The molecule has 1 aliphatic rings. The molecule has 1 aliphatic heterocycles. The number of nitrogens with zero attached hydrogens (tertiary/aromatic N) is 2. The van der Waals surface area contributed by atoms with Crippen LogP contribution in [0.2, 0.25) is 0 Å². The number of nitrogens with one attached hydrogen (secondary N) is 1. The lowest BCUT2D eigenvalue weighted by Gasteiger charge is -2.40. The molecule has 2 N–H and O–H groups in total. The van der Waals surface area contributed by atoms with Crippen molar-refractivity contribution in [3.05, 3.63) is 30.5 Å². The molecule has 27 heavy (non-hydrogen) atoms. The summed E-state index contributed by atoms with van der Waals surface area (Å²) in [5.41, 5.74) is 0.962. The Balaban J connectivity index is 0.00000261. The summed E-state index contributed by atoms with van der Waals surface area (Å²) in [5, 5.41) is 15.4. The lowest BCUT2D eigenvalue weighted by atomic mass is 9.92. The number of methoxy groups -OCH3 is 1. The summed E-state index contributed by atoms with van der Waals surface area (Å²) in [6, 6.07) is 8.37. The lowest BCUT2D eigenvalue weighted by molar-refractivity contribution is 0.00269. The van der Waals surface area contributed by atoms with Gasteiger partial charge in [0.2, 0.25) is 0 Å². The standard InChI is InChI=1S/C21H31N3O2.ClH/c1-15-7-9-24(16(2)10-15)14-21(3,25)13-23-19-12-18(26-4)11-17-6-5-8-22-20(17)19;/h5-6,8,11-12,15-16,23,25H,7,9-10,13-14H2,1-4H3;1H.